The van der Waals surface area contributed by atoms with E-state index >= 15 is 0 Å². The lowest BCUT2D eigenvalue weighted by Crippen LogP contribution is -2.51. The zero-order valence-corrected chi connectivity index (χ0v) is 10.8. The fourth-order valence-corrected chi connectivity index (χ4v) is 2.16. The number of hydrogen-bond donors (Lipinski definition) is 2. The molecule has 2 amide bonds. The molecule has 0 saturated carbocycles. The van der Waals surface area contributed by atoms with Crippen molar-refractivity contribution in [1.29, 1.82) is 0 Å². The topological polar surface area (TPSA) is 81.1 Å². The maximum Gasteiger partial charge on any atom is 0.406 e. The Bertz CT molecular complexity index is 362. The fourth-order valence-electron chi connectivity index (χ4n) is 2.16. The summed E-state index contributed by atoms with van der Waals surface area (Å²) >= 11 is 0. The zero-order chi connectivity index (χ0) is 15.3. The van der Waals surface area contributed by atoms with Gasteiger partial charge in [-0.3, -0.25) is 4.79 Å². The number of nitrogens with zero attached hydrogens (tertiary/aromatic N) is 2. The predicted molar refractivity (Wildman–Crippen MR) is 62.0 cm³/mol. The number of piperidine rings is 1. The van der Waals surface area contributed by atoms with E-state index in [9.17, 15) is 22.8 Å². The number of hydrogen-bond acceptors (Lipinski definition) is 3. The Morgan fingerprint density at radius 2 is 2.00 bits per heavy atom. The summed E-state index contributed by atoms with van der Waals surface area (Å²) in [4.78, 5) is 24.0. The van der Waals surface area contributed by atoms with Gasteiger partial charge in [0, 0.05) is 19.7 Å². The van der Waals surface area contributed by atoms with Crippen LogP contribution in [0.2, 0.25) is 0 Å². The normalized spacial score (nSPS) is 19.8. The quantitative estimate of drug-likeness (QED) is 0.803. The highest BCUT2D eigenvalue weighted by molar-refractivity contribution is 5.80. The average molecular weight is 298 g/mol. The zero-order valence-electron chi connectivity index (χ0n) is 10.8. The molecular formula is C11H17F3N2O4. The van der Waals surface area contributed by atoms with Crippen molar-refractivity contribution in [2.45, 2.75) is 19.0 Å². The number of carbonyl (C=O) groups excluding carboxylic acids is 1. The molecule has 6 nitrogen and oxygen atoms in total. The van der Waals surface area contributed by atoms with Gasteiger partial charge in [0.15, 0.2) is 0 Å². The first-order chi connectivity index (χ1) is 9.23. The van der Waals surface area contributed by atoms with E-state index in [2.05, 4.69) is 0 Å². The van der Waals surface area contributed by atoms with Crippen LogP contribution in [0.25, 0.3) is 0 Å². The number of urea groups is 1. The maximum atomic E-state index is 12.4. The molecule has 0 aromatic heterocycles. The van der Waals surface area contributed by atoms with Crippen LogP contribution in [-0.4, -0.2) is 71.0 Å². The van der Waals surface area contributed by atoms with Gasteiger partial charge in [0.05, 0.1) is 0 Å². The molecule has 0 aromatic carbocycles. The third-order valence-corrected chi connectivity index (χ3v) is 3.01. The summed E-state index contributed by atoms with van der Waals surface area (Å²) in [6.07, 6.45) is -3.39. The Morgan fingerprint density at radius 3 is 2.50 bits per heavy atom. The van der Waals surface area contributed by atoms with Gasteiger partial charge in [-0.15, -0.1) is 0 Å². The van der Waals surface area contributed by atoms with Gasteiger partial charge in [-0.1, -0.05) is 0 Å². The molecule has 0 aromatic rings. The van der Waals surface area contributed by atoms with Crippen LogP contribution in [0.3, 0.4) is 0 Å². The molecule has 2 N–H and O–H groups in total. The lowest BCUT2D eigenvalue weighted by molar-refractivity contribution is -0.150. The Kier molecular flexibility index (Phi) is 5.61. The second-order valence-corrected chi connectivity index (χ2v) is 4.78. The lowest BCUT2D eigenvalue weighted by Gasteiger charge is -2.35. The molecule has 1 unspecified atom stereocenters. The van der Waals surface area contributed by atoms with E-state index in [0.29, 0.717) is 12.8 Å². The van der Waals surface area contributed by atoms with Gasteiger partial charge in [-0.05, 0) is 18.8 Å². The minimum Gasteiger partial charge on any atom is -0.480 e. The highest BCUT2D eigenvalue weighted by atomic mass is 19.4. The van der Waals surface area contributed by atoms with Crippen molar-refractivity contribution in [2.24, 2.45) is 5.92 Å². The minimum absolute atomic E-state index is 0.142. The van der Waals surface area contributed by atoms with Crippen LogP contribution in [0.15, 0.2) is 0 Å². The highest BCUT2D eigenvalue weighted by Crippen LogP contribution is 2.20. The number of carboxylic acid groups (broad SMARTS) is 1. The summed E-state index contributed by atoms with van der Waals surface area (Å²) in [6, 6.07) is -0.956. The maximum absolute atomic E-state index is 12.4. The van der Waals surface area contributed by atoms with E-state index in [1.807, 2.05) is 0 Å². The second kappa shape index (κ2) is 6.78. The van der Waals surface area contributed by atoms with E-state index in [0.717, 1.165) is 0 Å². The Morgan fingerprint density at radius 1 is 1.35 bits per heavy atom. The summed E-state index contributed by atoms with van der Waals surface area (Å²) in [7, 11) is 0. The summed E-state index contributed by atoms with van der Waals surface area (Å²) in [6.45, 7) is -2.34. The molecule has 1 aliphatic rings. The van der Waals surface area contributed by atoms with Gasteiger partial charge < -0.3 is 20.0 Å². The number of amides is 2. The van der Waals surface area contributed by atoms with Crippen molar-refractivity contribution < 1.29 is 33.0 Å². The van der Waals surface area contributed by atoms with Crippen LogP contribution in [0.5, 0.6) is 0 Å². The Labute approximate surface area is 113 Å². The minimum atomic E-state index is -4.66. The van der Waals surface area contributed by atoms with Gasteiger partial charge in [-0.25, -0.2) is 4.79 Å². The molecule has 9 heteroatoms. The lowest BCUT2D eigenvalue weighted by atomic mass is 9.99. The molecule has 0 bridgehead atoms. The SMILES string of the molecule is O=C(O)CN(CC(F)(F)F)C(=O)N1CCCC(CO)C1. The predicted octanol–water partition coefficient (Wildman–Crippen LogP) is 0.760. The number of carbonyl (C=O) groups is 2. The molecule has 1 atom stereocenters. The third kappa shape index (κ3) is 5.24. The number of halogens is 3. The number of carboxylic acids is 1. The van der Waals surface area contributed by atoms with Crippen LogP contribution >= 0.6 is 0 Å². The van der Waals surface area contributed by atoms with E-state index in [4.69, 9.17) is 10.2 Å². The molecule has 0 spiro atoms. The van der Waals surface area contributed by atoms with Crippen LogP contribution in [-0.2, 0) is 4.79 Å². The number of aliphatic hydroxyl groups is 1. The van der Waals surface area contributed by atoms with E-state index in [-0.39, 0.29) is 30.5 Å². The molecule has 1 rings (SSSR count). The standard InChI is InChI=1S/C11H17F3N2O4/c12-11(13,14)7-16(5-9(18)19)10(20)15-3-1-2-8(4-15)6-17/h8,17H,1-7H2,(H,18,19). The van der Waals surface area contributed by atoms with Gasteiger partial charge in [0.25, 0.3) is 0 Å². The summed E-state index contributed by atoms with van der Waals surface area (Å²) < 4.78 is 37.1. The van der Waals surface area contributed by atoms with E-state index < -0.39 is 31.3 Å². The monoisotopic (exact) mass is 298 g/mol. The van der Waals surface area contributed by atoms with Gasteiger partial charge in [-0.2, -0.15) is 13.2 Å². The van der Waals surface area contributed by atoms with Crippen molar-refractivity contribution in [3.8, 4) is 0 Å². The number of likely N-dealkylation sites (tertiary alicyclic amines) is 1. The van der Waals surface area contributed by atoms with E-state index in [1.165, 1.54) is 4.90 Å². The van der Waals surface area contributed by atoms with Crippen molar-refractivity contribution in [3.63, 3.8) is 0 Å². The molecule has 1 fully saturated rings. The van der Waals surface area contributed by atoms with Crippen molar-refractivity contribution in [1.82, 2.24) is 9.80 Å². The number of aliphatic carboxylic acids is 1. The first kappa shape index (κ1) is 16.5. The first-order valence-corrected chi connectivity index (χ1v) is 6.16. The van der Waals surface area contributed by atoms with Crippen LogP contribution < -0.4 is 0 Å². The number of rotatable bonds is 4. The Hall–Kier alpha value is -1.51. The summed E-state index contributed by atoms with van der Waals surface area (Å²) in [5, 5.41) is 17.6. The largest absolute Gasteiger partial charge is 0.480 e. The van der Waals surface area contributed by atoms with Gasteiger partial charge in [0.1, 0.15) is 13.1 Å². The molecule has 1 heterocycles. The molecule has 0 radical (unpaired) electrons. The van der Waals surface area contributed by atoms with Crippen LogP contribution in [0.1, 0.15) is 12.8 Å². The average Bonchev–Trinajstić information content (AvgIpc) is 2.35. The summed E-state index contributed by atoms with van der Waals surface area (Å²) in [5.41, 5.74) is 0. The second-order valence-electron chi connectivity index (χ2n) is 4.78. The smallest absolute Gasteiger partial charge is 0.406 e. The molecule has 0 aliphatic carbocycles. The van der Waals surface area contributed by atoms with E-state index in [1.54, 1.807) is 0 Å². The van der Waals surface area contributed by atoms with Crippen LogP contribution in [0, 0.1) is 5.92 Å². The third-order valence-electron chi connectivity index (χ3n) is 3.01. The molecule has 116 valence electrons. The number of aliphatic hydroxyl groups excluding tert-OH is 1. The fraction of sp³-hybridized carbons (Fsp3) is 0.818. The molecular weight excluding hydrogens is 281 g/mol. The van der Waals surface area contributed by atoms with Crippen LogP contribution in [0.4, 0.5) is 18.0 Å². The summed E-state index contributed by atoms with van der Waals surface area (Å²) in [5.74, 6) is -1.68. The van der Waals surface area contributed by atoms with Gasteiger partial charge >= 0.3 is 18.2 Å². The van der Waals surface area contributed by atoms with Crippen molar-refractivity contribution >= 4 is 12.0 Å². The van der Waals surface area contributed by atoms with Crippen molar-refractivity contribution in [2.75, 3.05) is 32.8 Å². The van der Waals surface area contributed by atoms with Crippen molar-refractivity contribution in [3.05, 3.63) is 0 Å². The first-order valence-electron chi connectivity index (χ1n) is 6.16. The Balaban J connectivity index is 2.73. The number of alkyl halides is 3. The molecule has 1 saturated heterocycles. The molecule has 20 heavy (non-hydrogen) atoms. The highest BCUT2D eigenvalue weighted by Gasteiger charge is 2.36. The molecule has 1 aliphatic heterocycles. The van der Waals surface area contributed by atoms with Gasteiger partial charge in [0.2, 0.25) is 0 Å².